The average molecular weight is 479 g/mol. The highest BCUT2D eigenvalue weighted by Crippen LogP contribution is 2.25. The van der Waals surface area contributed by atoms with E-state index in [2.05, 4.69) is 20.9 Å². The third kappa shape index (κ3) is 7.84. The Labute approximate surface area is 194 Å². The number of rotatable bonds is 8. The van der Waals surface area contributed by atoms with Gasteiger partial charge in [0.25, 0.3) is 5.91 Å². The lowest BCUT2D eigenvalue weighted by molar-refractivity contribution is -0.143. The number of carboxylic acids is 1. The lowest BCUT2D eigenvalue weighted by Crippen LogP contribution is -2.51. The van der Waals surface area contributed by atoms with Gasteiger partial charge in [0.1, 0.15) is 28.4 Å². The molecule has 0 unspecified atom stereocenters. The summed E-state index contributed by atoms with van der Waals surface area (Å²) >= 11 is 1.22. The maximum Gasteiger partial charge on any atom is 0.412 e. The SMILES string of the molecule is C[C@H](NC(=O)c1csc(-c2ccc(NC(=O)OC(C)(C)C)cc2)n1)C(=O)N[C@@H](CO)C(=O)O. The Morgan fingerprint density at radius 1 is 1.12 bits per heavy atom. The van der Waals surface area contributed by atoms with E-state index >= 15 is 0 Å². The van der Waals surface area contributed by atoms with E-state index in [1.165, 1.54) is 23.6 Å². The van der Waals surface area contributed by atoms with Gasteiger partial charge in [-0.3, -0.25) is 14.9 Å². The second-order valence-corrected chi connectivity index (χ2v) is 8.88. The molecule has 1 aromatic carbocycles. The Balaban J connectivity index is 1.98. The molecule has 12 heteroatoms. The van der Waals surface area contributed by atoms with Gasteiger partial charge < -0.3 is 25.6 Å². The Hall–Kier alpha value is -3.51. The molecule has 33 heavy (non-hydrogen) atoms. The molecule has 11 nitrogen and oxygen atoms in total. The molecule has 3 amide bonds. The van der Waals surface area contributed by atoms with E-state index in [1.54, 1.807) is 45.0 Å². The summed E-state index contributed by atoms with van der Waals surface area (Å²) in [6.45, 7) is 5.90. The van der Waals surface area contributed by atoms with Gasteiger partial charge in [-0.25, -0.2) is 14.6 Å². The van der Waals surface area contributed by atoms with Crippen LogP contribution in [0.15, 0.2) is 29.6 Å². The zero-order chi connectivity index (χ0) is 24.8. The number of hydrogen-bond acceptors (Lipinski definition) is 8. The van der Waals surface area contributed by atoms with Crippen molar-refractivity contribution >= 4 is 40.9 Å². The molecule has 0 aliphatic carbocycles. The second kappa shape index (κ2) is 10.9. The molecule has 0 bridgehead atoms. The minimum atomic E-state index is -1.46. The van der Waals surface area contributed by atoms with Gasteiger partial charge in [0.05, 0.1) is 6.61 Å². The summed E-state index contributed by atoms with van der Waals surface area (Å²) in [7, 11) is 0. The molecule has 0 saturated heterocycles. The van der Waals surface area contributed by atoms with E-state index < -0.39 is 48.2 Å². The number of aromatic nitrogens is 1. The van der Waals surface area contributed by atoms with Crippen molar-refractivity contribution in [2.24, 2.45) is 0 Å². The first-order valence-corrected chi connectivity index (χ1v) is 10.8. The van der Waals surface area contributed by atoms with Crippen LogP contribution in [0.4, 0.5) is 10.5 Å². The van der Waals surface area contributed by atoms with Crippen LogP contribution in [0, 0.1) is 0 Å². The molecule has 5 N–H and O–H groups in total. The summed E-state index contributed by atoms with van der Waals surface area (Å²) in [4.78, 5) is 51.5. The monoisotopic (exact) mass is 478 g/mol. The molecule has 178 valence electrons. The number of aliphatic hydroxyl groups is 1. The molecule has 2 rings (SSSR count). The third-order valence-corrected chi connectivity index (χ3v) is 4.94. The Morgan fingerprint density at radius 3 is 2.30 bits per heavy atom. The number of ether oxygens (including phenoxy) is 1. The topological polar surface area (TPSA) is 167 Å². The van der Waals surface area contributed by atoms with Gasteiger partial charge in [-0.05, 0) is 52.0 Å². The summed E-state index contributed by atoms with van der Waals surface area (Å²) < 4.78 is 5.20. The maximum absolute atomic E-state index is 12.4. The lowest BCUT2D eigenvalue weighted by atomic mass is 10.2. The molecule has 0 radical (unpaired) electrons. The first-order valence-electron chi connectivity index (χ1n) is 9.90. The molecular weight excluding hydrogens is 452 g/mol. The van der Waals surface area contributed by atoms with Crippen LogP contribution < -0.4 is 16.0 Å². The van der Waals surface area contributed by atoms with Crippen LogP contribution in [0.1, 0.15) is 38.2 Å². The van der Waals surface area contributed by atoms with Crippen LogP contribution in [0.3, 0.4) is 0 Å². The zero-order valence-electron chi connectivity index (χ0n) is 18.5. The summed E-state index contributed by atoms with van der Waals surface area (Å²) in [5.41, 5.74) is 0.718. The van der Waals surface area contributed by atoms with E-state index in [0.717, 1.165) is 0 Å². The number of anilines is 1. The van der Waals surface area contributed by atoms with E-state index in [0.29, 0.717) is 16.3 Å². The van der Waals surface area contributed by atoms with Crippen LogP contribution >= 0.6 is 11.3 Å². The molecule has 2 atom stereocenters. The van der Waals surface area contributed by atoms with Gasteiger partial charge in [0, 0.05) is 16.6 Å². The van der Waals surface area contributed by atoms with Crippen LogP contribution in [-0.4, -0.2) is 63.4 Å². The number of carbonyl (C=O) groups excluding carboxylic acids is 3. The quantitative estimate of drug-likeness (QED) is 0.383. The van der Waals surface area contributed by atoms with Crippen molar-refractivity contribution in [2.75, 3.05) is 11.9 Å². The molecule has 0 spiro atoms. The number of aliphatic carboxylic acids is 1. The number of nitrogens with zero attached hydrogens (tertiary/aromatic N) is 1. The van der Waals surface area contributed by atoms with Crippen LogP contribution in [0.25, 0.3) is 10.6 Å². The van der Waals surface area contributed by atoms with Crippen molar-refractivity contribution in [2.45, 2.75) is 45.4 Å². The Kier molecular flexibility index (Phi) is 8.49. The molecule has 1 aromatic heterocycles. The first kappa shape index (κ1) is 25.7. The van der Waals surface area contributed by atoms with Gasteiger partial charge >= 0.3 is 12.1 Å². The normalized spacial score (nSPS) is 12.9. The Morgan fingerprint density at radius 2 is 1.76 bits per heavy atom. The fourth-order valence-corrected chi connectivity index (χ4v) is 3.25. The average Bonchev–Trinajstić information content (AvgIpc) is 3.21. The number of nitrogens with one attached hydrogen (secondary N) is 3. The highest BCUT2D eigenvalue weighted by atomic mass is 32.1. The van der Waals surface area contributed by atoms with E-state index in [1.807, 2.05) is 0 Å². The summed E-state index contributed by atoms with van der Waals surface area (Å²) in [6, 6.07) is 4.29. The van der Waals surface area contributed by atoms with Crippen LogP contribution in [0.2, 0.25) is 0 Å². The minimum Gasteiger partial charge on any atom is -0.480 e. The molecule has 2 aromatic rings. The van der Waals surface area contributed by atoms with Gasteiger partial charge in [-0.2, -0.15) is 0 Å². The largest absolute Gasteiger partial charge is 0.480 e. The van der Waals surface area contributed by atoms with E-state index in [4.69, 9.17) is 14.9 Å². The molecule has 0 saturated carbocycles. The number of thiazole rings is 1. The van der Waals surface area contributed by atoms with Gasteiger partial charge in [-0.15, -0.1) is 11.3 Å². The number of carbonyl (C=O) groups is 4. The third-order valence-electron chi connectivity index (χ3n) is 4.05. The lowest BCUT2D eigenvalue weighted by Gasteiger charge is -2.19. The van der Waals surface area contributed by atoms with E-state index in [-0.39, 0.29) is 5.69 Å². The number of aliphatic hydroxyl groups excluding tert-OH is 1. The van der Waals surface area contributed by atoms with Crippen LogP contribution in [-0.2, 0) is 14.3 Å². The van der Waals surface area contributed by atoms with Gasteiger partial charge in [0.15, 0.2) is 0 Å². The smallest absolute Gasteiger partial charge is 0.412 e. The predicted octanol–water partition coefficient (Wildman–Crippen LogP) is 1.84. The van der Waals surface area contributed by atoms with Crippen molar-refractivity contribution < 1.29 is 34.1 Å². The molecular formula is C21H26N4O7S. The van der Waals surface area contributed by atoms with E-state index in [9.17, 15) is 19.2 Å². The number of carboxylic acid groups (broad SMARTS) is 1. The van der Waals surface area contributed by atoms with Crippen molar-refractivity contribution in [3.8, 4) is 10.6 Å². The maximum atomic E-state index is 12.4. The summed E-state index contributed by atoms with van der Waals surface area (Å²) in [6.07, 6.45) is -0.574. The van der Waals surface area contributed by atoms with Crippen molar-refractivity contribution in [3.05, 3.63) is 35.3 Å². The van der Waals surface area contributed by atoms with Crippen molar-refractivity contribution in [3.63, 3.8) is 0 Å². The molecule has 0 aliphatic rings. The molecule has 1 heterocycles. The highest BCUT2D eigenvalue weighted by molar-refractivity contribution is 7.13. The predicted molar refractivity (Wildman–Crippen MR) is 121 cm³/mol. The standard InChI is InChI=1S/C21H26N4O7S/c1-11(16(27)24-14(9-26)19(29)30)22-17(28)15-10-33-18(25-15)12-5-7-13(8-6-12)23-20(31)32-21(2,3)4/h5-8,10-11,14,26H,9H2,1-4H3,(H,22,28)(H,23,31)(H,24,27)(H,29,30)/t11-,14-/m0/s1. The van der Waals surface area contributed by atoms with Crippen molar-refractivity contribution in [1.82, 2.24) is 15.6 Å². The number of amides is 3. The van der Waals surface area contributed by atoms with Gasteiger partial charge in [-0.1, -0.05) is 0 Å². The summed E-state index contributed by atoms with van der Waals surface area (Å²) in [5.74, 6) is -2.76. The fourth-order valence-electron chi connectivity index (χ4n) is 2.45. The van der Waals surface area contributed by atoms with Crippen molar-refractivity contribution in [1.29, 1.82) is 0 Å². The second-order valence-electron chi connectivity index (χ2n) is 8.02. The Bertz CT molecular complexity index is 1010. The number of hydrogen-bond donors (Lipinski definition) is 5. The number of benzene rings is 1. The first-order chi connectivity index (χ1) is 15.4. The minimum absolute atomic E-state index is 0.0857. The van der Waals surface area contributed by atoms with Crippen LogP contribution in [0.5, 0.6) is 0 Å². The highest BCUT2D eigenvalue weighted by Gasteiger charge is 2.24. The zero-order valence-corrected chi connectivity index (χ0v) is 19.4. The fraction of sp³-hybridized carbons (Fsp3) is 0.381. The molecule has 0 aliphatic heterocycles. The summed E-state index contributed by atoms with van der Waals surface area (Å²) in [5, 5.41) is 27.1. The van der Waals surface area contributed by atoms with Gasteiger partial charge in [0.2, 0.25) is 5.91 Å². The molecule has 0 fully saturated rings.